The molecular formula is C30H35Cl2N3O4S. The number of carbonyl (C=O) groups is 2. The average molecular weight is 605 g/mol. The number of rotatable bonds is 12. The van der Waals surface area contributed by atoms with Gasteiger partial charge in [0, 0.05) is 23.1 Å². The summed E-state index contributed by atoms with van der Waals surface area (Å²) in [4.78, 5) is 28.4. The highest BCUT2D eigenvalue weighted by Crippen LogP contribution is 2.29. The summed E-state index contributed by atoms with van der Waals surface area (Å²) in [5.41, 5.74) is 2.54. The number of hydrogen-bond acceptors (Lipinski definition) is 4. The van der Waals surface area contributed by atoms with Crippen LogP contribution in [0.15, 0.2) is 71.6 Å². The van der Waals surface area contributed by atoms with Crippen LogP contribution in [0, 0.1) is 13.8 Å². The standard InChI is InChI=1S/C30H35Cl2N3O4S/c1-5-6-17-33-30(37)23(4)34(19-24-9-7-8-10-27(24)31)29(36)20-35(25-14-13-22(3)28(32)18-25)40(38,39)26-15-11-21(2)12-16-26/h7-16,18,23H,5-6,17,19-20H2,1-4H3,(H,33,37)/t23-/m0/s1. The van der Waals surface area contributed by atoms with Crippen molar-refractivity contribution in [1.29, 1.82) is 0 Å². The Morgan fingerprint density at radius 2 is 1.62 bits per heavy atom. The number of unbranched alkanes of at least 4 members (excludes halogenated alkanes) is 1. The van der Waals surface area contributed by atoms with Gasteiger partial charge in [-0.05, 0) is 68.7 Å². The van der Waals surface area contributed by atoms with Crippen molar-refractivity contribution < 1.29 is 18.0 Å². The molecular weight excluding hydrogens is 569 g/mol. The van der Waals surface area contributed by atoms with E-state index in [0.717, 1.165) is 28.3 Å². The second-order valence-electron chi connectivity index (χ2n) is 9.69. The van der Waals surface area contributed by atoms with Crippen molar-refractivity contribution >= 4 is 50.7 Å². The molecule has 7 nitrogen and oxygen atoms in total. The fourth-order valence-electron chi connectivity index (χ4n) is 4.03. The topological polar surface area (TPSA) is 86.8 Å². The first-order valence-corrected chi connectivity index (χ1v) is 15.3. The van der Waals surface area contributed by atoms with E-state index in [1.165, 1.54) is 23.1 Å². The molecule has 10 heteroatoms. The van der Waals surface area contributed by atoms with E-state index in [-0.39, 0.29) is 23.0 Å². The first kappa shape index (κ1) is 31.5. The Kier molecular flexibility index (Phi) is 11.0. The first-order valence-electron chi connectivity index (χ1n) is 13.1. The van der Waals surface area contributed by atoms with E-state index in [1.807, 2.05) is 13.8 Å². The van der Waals surface area contributed by atoms with Crippen molar-refractivity contribution in [2.24, 2.45) is 0 Å². The highest BCUT2D eigenvalue weighted by atomic mass is 35.5. The van der Waals surface area contributed by atoms with Crippen LogP contribution in [0.2, 0.25) is 10.0 Å². The van der Waals surface area contributed by atoms with Crippen molar-refractivity contribution in [3.63, 3.8) is 0 Å². The second-order valence-corrected chi connectivity index (χ2v) is 12.4. The average Bonchev–Trinajstić information content (AvgIpc) is 2.92. The molecule has 0 saturated heterocycles. The Bertz CT molecular complexity index is 1450. The van der Waals surface area contributed by atoms with Gasteiger partial charge in [-0.1, -0.05) is 78.5 Å². The van der Waals surface area contributed by atoms with Crippen LogP contribution in [-0.2, 0) is 26.2 Å². The Morgan fingerprint density at radius 1 is 0.950 bits per heavy atom. The molecule has 2 amide bonds. The molecule has 3 aromatic rings. The van der Waals surface area contributed by atoms with Crippen LogP contribution in [0.25, 0.3) is 0 Å². The van der Waals surface area contributed by atoms with Crippen molar-refractivity contribution in [3.05, 3.63) is 93.5 Å². The van der Waals surface area contributed by atoms with E-state index >= 15 is 0 Å². The number of aryl methyl sites for hydroxylation is 2. The number of hydrogen-bond donors (Lipinski definition) is 1. The van der Waals surface area contributed by atoms with Crippen LogP contribution in [0.4, 0.5) is 5.69 Å². The van der Waals surface area contributed by atoms with Gasteiger partial charge in [-0.3, -0.25) is 13.9 Å². The van der Waals surface area contributed by atoms with Gasteiger partial charge in [0.2, 0.25) is 11.8 Å². The molecule has 0 aliphatic rings. The van der Waals surface area contributed by atoms with Crippen molar-refractivity contribution in [2.45, 2.75) is 58.0 Å². The largest absolute Gasteiger partial charge is 0.354 e. The number of halogens is 2. The number of benzene rings is 3. The van der Waals surface area contributed by atoms with Crippen molar-refractivity contribution in [3.8, 4) is 0 Å². The first-order chi connectivity index (χ1) is 18.9. The number of carbonyl (C=O) groups excluding carboxylic acids is 2. The molecule has 0 heterocycles. The van der Waals surface area contributed by atoms with Gasteiger partial charge in [0.25, 0.3) is 10.0 Å². The van der Waals surface area contributed by atoms with Gasteiger partial charge < -0.3 is 10.2 Å². The zero-order chi connectivity index (χ0) is 29.4. The summed E-state index contributed by atoms with van der Waals surface area (Å²) in [5, 5.41) is 3.67. The fraction of sp³-hybridized carbons (Fsp3) is 0.333. The van der Waals surface area contributed by atoms with E-state index in [1.54, 1.807) is 62.4 Å². The predicted molar refractivity (Wildman–Crippen MR) is 161 cm³/mol. The Morgan fingerprint density at radius 3 is 2.25 bits per heavy atom. The summed E-state index contributed by atoms with van der Waals surface area (Å²) in [6.45, 7) is 7.25. The third-order valence-electron chi connectivity index (χ3n) is 6.63. The molecule has 0 fully saturated rings. The zero-order valence-corrected chi connectivity index (χ0v) is 25.5. The Labute approximate surface area is 247 Å². The Hall–Kier alpha value is -3.07. The minimum absolute atomic E-state index is 0.0218. The lowest BCUT2D eigenvalue weighted by molar-refractivity contribution is -0.139. The smallest absolute Gasteiger partial charge is 0.264 e. The minimum Gasteiger partial charge on any atom is -0.354 e. The number of nitrogens with zero attached hydrogens (tertiary/aromatic N) is 2. The maximum Gasteiger partial charge on any atom is 0.264 e. The summed E-state index contributed by atoms with van der Waals surface area (Å²) >= 11 is 12.8. The molecule has 3 aromatic carbocycles. The van der Waals surface area contributed by atoms with Crippen LogP contribution in [0.3, 0.4) is 0 Å². The summed E-state index contributed by atoms with van der Waals surface area (Å²) < 4.78 is 28.8. The maximum absolute atomic E-state index is 14.0. The van der Waals surface area contributed by atoms with Crippen LogP contribution in [0.5, 0.6) is 0 Å². The van der Waals surface area contributed by atoms with E-state index in [4.69, 9.17) is 23.2 Å². The third-order valence-corrected chi connectivity index (χ3v) is 9.19. The molecule has 1 N–H and O–H groups in total. The molecule has 0 radical (unpaired) electrons. The zero-order valence-electron chi connectivity index (χ0n) is 23.2. The lowest BCUT2D eigenvalue weighted by Gasteiger charge is -2.32. The lowest BCUT2D eigenvalue weighted by Crippen LogP contribution is -2.51. The van der Waals surface area contributed by atoms with Crippen LogP contribution in [-0.4, -0.2) is 44.3 Å². The minimum atomic E-state index is -4.17. The molecule has 40 heavy (non-hydrogen) atoms. The summed E-state index contributed by atoms with van der Waals surface area (Å²) in [6, 6.07) is 17.4. The van der Waals surface area contributed by atoms with E-state index in [2.05, 4.69) is 5.32 Å². The molecule has 214 valence electrons. The van der Waals surface area contributed by atoms with Gasteiger partial charge in [-0.15, -0.1) is 0 Å². The summed E-state index contributed by atoms with van der Waals surface area (Å²) in [7, 11) is -4.17. The van der Waals surface area contributed by atoms with Gasteiger partial charge in [0.15, 0.2) is 0 Å². The molecule has 0 bridgehead atoms. The molecule has 0 aliphatic carbocycles. The highest BCUT2D eigenvalue weighted by Gasteiger charge is 2.33. The van der Waals surface area contributed by atoms with Crippen LogP contribution < -0.4 is 9.62 Å². The van der Waals surface area contributed by atoms with Gasteiger partial charge in [0.05, 0.1) is 10.6 Å². The van der Waals surface area contributed by atoms with Gasteiger partial charge >= 0.3 is 0 Å². The number of amides is 2. The van der Waals surface area contributed by atoms with E-state index in [9.17, 15) is 18.0 Å². The van der Waals surface area contributed by atoms with Crippen LogP contribution in [0.1, 0.15) is 43.4 Å². The molecule has 0 aliphatic heterocycles. The normalized spacial score (nSPS) is 12.1. The van der Waals surface area contributed by atoms with E-state index in [0.29, 0.717) is 22.2 Å². The quantitative estimate of drug-likeness (QED) is 0.252. The van der Waals surface area contributed by atoms with Crippen molar-refractivity contribution in [2.75, 3.05) is 17.4 Å². The van der Waals surface area contributed by atoms with Crippen molar-refractivity contribution in [1.82, 2.24) is 10.2 Å². The van der Waals surface area contributed by atoms with Gasteiger partial charge in [0.1, 0.15) is 12.6 Å². The number of nitrogens with one attached hydrogen (secondary N) is 1. The number of anilines is 1. The molecule has 1 atom stereocenters. The molecule has 0 unspecified atom stereocenters. The SMILES string of the molecule is CCCCNC(=O)[C@H](C)N(Cc1ccccc1Cl)C(=O)CN(c1ccc(C)c(Cl)c1)S(=O)(=O)c1ccc(C)cc1. The van der Waals surface area contributed by atoms with E-state index < -0.39 is 28.5 Å². The van der Waals surface area contributed by atoms with Crippen LogP contribution >= 0.6 is 23.2 Å². The Balaban J connectivity index is 2.03. The van der Waals surface area contributed by atoms with Gasteiger partial charge in [-0.25, -0.2) is 8.42 Å². The summed E-state index contributed by atoms with van der Waals surface area (Å²) in [5.74, 6) is -0.898. The fourth-order valence-corrected chi connectivity index (χ4v) is 5.81. The molecule has 0 spiro atoms. The monoisotopic (exact) mass is 603 g/mol. The number of sulfonamides is 1. The molecule has 3 rings (SSSR count). The predicted octanol–water partition coefficient (Wildman–Crippen LogP) is 6.14. The molecule has 0 saturated carbocycles. The highest BCUT2D eigenvalue weighted by molar-refractivity contribution is 7.92. The second kappa shape index (κ2) is 14.0. The third kappa shape index (κ3) is 7.77. The lowest BCUT2D eigenvalue weighted by atomic mass is 10.1. The maximum atomic E-state index is 14.0. The molecule has 0 aromatic heterocycles. The van der Waals surface area contributed by atoms with Gasteiger partial charge in [-0.2, -0.15) is 0 Å². The summed E-state index contributed by atoms with van der Waals surface area (Å²) in [6.07, 6.45) is 1.70.